The van der Waals surface area contributed by atoms with Crippen LogP contribution in [0, 0.1) is 0 Å². The molecule has 1 atom stereocenters. The SMILES string of the molecule is CC1C(O)=C(C=O)C(CO)=CN1C. The quantitative estimate of drug-likeness (QED) is 0.601. The first-order valence-electron chi connectivity index (χ1n) is 4.04. The Hall–Kier alpha value is -1.29. The number of aliphatic hydroxyl groups excluding tert-OH is 2. The molecule has 0 spiro atoms. The predicted molar refractivity (Wildman–Crippen MR) is 48.1 cm³/mol. The molecule has 1 aliphatic rings. The van der Waals surface area contributed by atoms with E-state index in [-0.39, 0.29) is 24.0 Å². The summed E-state index contributed by atoms with van der Waals surface area (Å²) < 4.78 is 0. The molecule has 0 saturated carbocycles. The van der Waals surface area contributed by atoms with E-state index in [1.165, 1.54) is 0 Å². The fourth-order valence-electron chi connectivity index (χ4n) is 1.27. The highest BCUT2D eigenvalue weighted by atomic mass is 16.3. The zero-order valence-electron chi connectivity index (χ0n) is 7.69. The van der Waals surface area contributed by atoms with Crippen LogP contribution in [0.1, 0.15) is 6.92 Å². The molecule has 0 bridgehead atoms. The van der Waals surface area contributed by atoms with Crippen LogP contribution in [0.4, 0.5) is 0 Å². The number of aliphatic hydroxyl groups is 2. The molecule has 13 heavy (non-hydrogen) atoms. The van der Waals surface area contributed by atoms with Crippen molar-refractivity contribution in [1.82, 2.24) is 4.90 Å². The molecule has 1 unspecified atom stereocenters. The molecule has 0 aromatic carbocycles. The summed E-state index contributed by atoms with van der Waals surface area (Å²) in [6, 6.07) is -0.213. The van der Waals surface area contributed by atoms with E-state index in [2.05, 4.69) is 0 Å². The summed E-state index contributed by atoms with van der Waals surface area (Å²) in [6.07, 6.45) is 2.23. The second-order valence-electron chi connectivity index (χ2n) is 3.07. The highest BCUT2D eigenvalue weighted by molar-refractivity contribution is 5.81. The van der Waals surface area contributed by atoms with E-state index in [1.54, 1.807) is 25.1 Å². The Balaban J connectivity index is 3.11. The van der Waals surface area contributed by atoms with Crippen LogP contribution in [0.5, 0.6) is 0 Å². The van der Waals surface area contributed by atoms with E-state index in [0.29, 0.717) is 11.9 Å². The van der Waals surface area contributed by atoms with Crippen molar-refractivity contribution in [1.29, 1.82) is 0 Å². The van der Waals surface area contributed by atoms with Gasteiger partial charge in [0.15, 0.2) is 6.29 Å². The average Bonchev–Trinajstić information content (AvgIpc) is 2.13. The Labute approximate surface area is 76.8 Å². The van der Waals surface area contributed by atoms with Gasteiger partial charge in [-0.2, -0.15) is 0 Å². The lowest BCUT2D eigenvalue weighted by Crippen LogP contribution is -2.31. The van der Waals surface area contributed by atoms with Gasteiger partial charge < -0.3 is 15.1 Å². The summed E-state index contributed by atoms with van der Waals surface area (Å²) in [4.78, 5) is 12.3. The van der Waals surface area contributed by atoms with Gasteiger partial charge in [0.2, 0.25) is 0 Å². The van der Waals surface area contributed by atoms with Gasteiger partial charge in [0, 0.05) is 18.8 Å². The van der Waals surface area contributed by atoms with Crippen LogP contribution in [-0.4, -0.2) is 41.1 Å². The Kier molecular flexibility index (Phi) is 2.72. The van der Waals surface area contributed by atoms with Crippen molar-refractivity contribution in [2.45, 2.75) is 13.0 Å². The van der Waals surface area contributed by atoms with Gasteiger partial charge in [-0.15, -0.1) is 0 Å². The molecular formula is C9H13NO3. The average molecular weight is 183 g/mol. The van der Waals surface area contributed by atoms with Crippen molar-refractivity contribution >= 4 is 6.29 Å². The zero-order valence-corrected chi connectivity index (χ0v) is 7.69. The third kappa shape index (κ3) is 1.58. The molecule has 0 aromatic heterocycles. The first-order valence-corrected chi connectivity index (χ1v) is 4.04. The van der Waals surface area contributed by atoms with Crippen LogP contribution < -0.4 is 0 Å². The monoisotopic (exact) mass is 183 g/mol. The van der Waals surface area contributed by atoms with Gasteiger partial charge in [0.25, 0.3) is 0 Å². The molecular weight excluding hydrogens is 170 g/mol. The zero-order chi connectivity index (χ0) is 10.0. The number of carbonyl (C=O) groups is 1. The van der Waals surface area contributed by atoms with Gasteiger partial charge >= 0.3 is 0 Å². The first-order chi connectivity index (χ1) is 6.11. The van der Waals surface area contributed by atoms with E-state index in [9.17, 15) is 9.90 Å². The minimum absolute atomic E-state index is 0.0176. The third-order valence-electron chi connectivity index (χ3n) is 2.28. The molecule has 4 heteroatoms. The van der Waals surface area contributed by atoms with Gasteiger partial charge in [-0.3, -0.25) is 4.79 Å². The first kappa shape index (κ1) is 9.80. The molecule has 0 saturated heterocycles. The van der Waals surface area contributed by atoms with Gasteiger partial charge in [-0.1, -0.05) is 0 Å². The van der Waals surface area contributed by atoms with Crippen LogP contribution in [-0.2, 0) is 4.79 Å². The summed E-state index contributed by atoms with van der Waals surface area (Å²) in [5, 5.41) is 18.5. The van der Waals surface area contributed by atoms with Crippen molar-refractivity contribution < 1.29 is 15.0 Å². The van der Waals surface area contributed by atoms with Crippen molar-refractivity contribution in [3.63, 3.8) is 0 Å². The molecule has 0 amide bonds. The molecule has 0 fully saturated rings. The number of aldehydes is 1. The van der Waals surface area contributed by atoms with Crippen molar-refractivity contribution in [3.05, 3.63) is 23.1 Å². The van der Waals surface area contributed by atoms with Crippen LogP contribution in [0.3, 0.4) is 0 Å². The number of nitrogens with zero attached hydrogens (tertiary/aromatic N) is 1. The number of hydrogen-bond acceptors (Lipinski definition) is 4. The molecule has 2 N–H and O–H groups in total. The topological polar surface area (TPSA) is 60.8 Å². The lowest BCUT2D eigenvalue weighted by Gasteiger charge is -2.29. The Morgan fingerprint density at radius 3 is 2.77 bits per heavy atom. The van der Waals surface area contributed by atoms with Crippen molar-refractivity contribution in [2.75, 3.05) is 13.7 Å². The van der Waals surface area contributed by atoms with E-state index in [0.717, 1.165) is 0 Å². The smallest absolute Gasteiger partial charge is 0.153 e. The number of hydrogen-bond donors (Lipinski definition) is 2. The summed E-state index contributed by atoms with van der Waals surface area (Å²) in [5.74, 6) is 0.0176. The minimum Gasteiger partial charge on any atom is -0.509 e. The van der Waals surface area contributed by atoms with Gasteiger partial charge in [0.05, 0.1) is 18.2 Å². The van der Waals surface area contributed by atoms with E-state index in [1.807, 2.05) is 0 Å². The fourth-order valence-corrected chi connectivity index (χ4v) is 1.27. The standard InChI is InChI=1S/C9H13NO3/c1-6-9(13)8(5-12)7(4-11)3-10(6)2/h3,5-6,11,13H,4H2,1-2H3. The molecule has 4 nitrogen and oxygen atoms in total. The largest absolute Gasteiger partial charge is 0.509 e. The van der Waals surface area contributed by atoms with Crippen LogP contribution >= 0.6 is 0 Å². The van der Waals surface area contributed by atoms with Crippen molar-refractivity contribution in [3.8, 4) is 0 Å². The predicted octanol–water partition coefficient (Wildman–Crippen LogP) is 0.208. The second kappa shape index (κ2) is 3.62. The van der Waals surface area contributed by atoms with E-state index < -0.39 is 0 Å². The number of likely N-dealkylation sites (N-methyl/N-ethyl adjacent to an activating group) is 1. The highest BCUT2D eigenvalue weighted by Gasteiger charge is 2.23. The highest BCUT2D eigenvalue weighted by Crippen LogP contribution is 2.22. The maximum absolute atomic E-state index is 10.6. The van der Waals surface area contributed by atoms with E-state index in [4.69, 9.17) is 5.11 Å². The molecule has 72 valence electrons. The Morgan fingerprint density at radius 2 is 2.31 bits per heavy atom. The summed E-state index contributed by atoms with van der Waals surface area (Å²) in [7, 11) is 1.78. The summed E-state index contributed by atoms with van der Waals surface area (Å²) >= 11 is 0. The van der Waals surface area contributed by atoms with Crippen molar-refractivity contribution in [2.24, 2.45) is 0 Å². The molecule has 0 aromatic rings. The number of rotatable bonds is 2. The molecule has 1 rings (SSSR count). The molecule has 0 radical (unpaired) electrons. The van der Waals surface area contributed by atoms with Crippen LogP contribution in [0.2, 0.25) is 0 Å². The normalized spacial score (nSPS) is 23.2. The number of carbonyl (C=O) groups excluding carboxylic acids is 1. The van der Waals surface area contributed by atoms with Crippen LogP contribution in [0.25, 0.3) is 0 Å². The van der Waals surface area contributed by atoms with Crippen LogP contribution in [0.15, 0.2) is 23.1 Å². The molecule has 1 heterocycles. The Morgan fingerprint density at radius 1 is 1.69 bits per heavy atom. The third-order valence-corrected chi connectivity index (χ3v) is 2.28. The second-order valence-corrected chi connectivity index (χ2v) is 3.07. The maximum atomic E-state index is 10.6. The Bertz CT molecular complexity index is 281. The fraction of sp³-hybridized carbons (Fsp3) is 0.444. The molecule has 0 aliphatic carbocycles. The van der Waals surface area contributed by atoms with Gasteiger partial charge in [-0.25, -0.2) is 0 Å². The molecule has 1 aliphatic heterocycles. The lowest BCUT2D eigenvalue weighted by atomic mass is 10.0. The van der Waals surface area contributed by atoms with Gasteiger partial charge in [0.1, 0.15) is 5.76 Å². The lowest BCUT2D eigenvalue weighted by molar-refractivity contribution is -0.105. The van der Waals surface area contributed by atoms with Gasteiger partial charge in [-0.05, 0) is 6.92 Å². The maximum Gasteiger partial charge on any atom is 0.153 e. The summed E-state index contributed by atoms with van der Waals surface area (Å²) in [5.41, 5.74) is 0.654. The summed E-state index contributed by atoms with van der Waals surface area (Å²) in [6.45, 7) is 1.54. The van der Waals surface area contributed by atoms with E-state index >= 15 is 0 Å². The minimum atomic E-state index is -0.241.